The highest BCUT2D eigenvalue weighted by Crippen LogP contribution is 2.24. The molecule has 1 aliphatic heterocycles. The summed E-state index contributed by atoms with van der Waals surface area (Å²) in [5.41, 5.74) is 3.35. The molecule has 32 heavy (non-hydrogen) atoms. The number of amides is 1. The number of nitrogens with zero attached hydrogens (tertiary/aromatic N) is 3. The number of carboxylic acid groups (broad SMARTS) is 1. The van der Waals surface area contributed by atoms with Crippen LogP contribution in [0.1, 0.15) is 34.1 Å². The Hall–Kier alpha value is -2.70. The highest BCUT2D eigenvalue weighted by Gasteiger charge is 2.38. The number of aromatic nitrogens is 2. The van der Waals surface area contributed by atoms with Crippen LogP contribution in [-0.4, -0.2) is 50.9 Å². The van der Waals surface area contributed by atoms with Crippen molar-refractivity contribution < 1.29 is 27.9 Å². The molecule has 0 spiro atoms. The van der Waals surface area contributed by atoms with Gasteiger partial charge in [-0.3, -0.25) is 14.4 Å². The molecule has 4 rings (SSSR count). The molecular weight excluding hydrogens is 465 g/mol. The summed E-state index contributed by atoms with van der Waals surface area (Å²) in [7, 11) is 0. The first-order chi connectivity index (χ1) is 15.2. The van der Waals surface area contributed by atoms with Crippen LogP contribution in [0, 0.1) is 0 Å². The summed E-state index contributed by atoms with van der Waals surface area (Å²) in [6.07, 6.45) is -2.33. The van der Waals surface area contributed by atoms with Gasteiger partial charge >= 0.3 is 12.1 Å². The van der Waals surface area contributed by atoms with E-state index in [2.05, 4.69) is 42.9 Å². The largest absolute Gasteiger partial charge is 0.490 e. The Kier molecular flexibility index (Phi) is 8.04. The molecule has 0 aliphatic carbocycles. The minimum atomic E-state index is -5.08. The number of carbonyl (C=O) groups is 2. The van der Waals surface area contributed by atoms with Gasteiger partial charge in [-0.25, -0.2) is 4.79 Å². The van der Waals surface area contributed by atoms with Gasteiger partial charge in [-0.05, 0) is 46.3 Å². The summed E-state index contributed by atoms with van der Waals surface area (Å²) in [6.45, 7) is 3.50. The number of thiophene rings is 2. The van der Waals surface area contributed by atoms with Gasteiger partial charge in [-0.1, -0.05) is 0 Å². The van der Waals surface area contributed by atoms with Crippen LogP contribution in [-0.2, 0) is 17.9 Å². The van der Waals surface area contributed by atoms with E-state index >= 15 is 0 Å². The van der Waals surface area contributed by atoms with Gasteiger partial charge in [-0.2, -0.15) is 40.9 Å². The maximum absolute atomic E-state index is 12.1. The standard InChI is InChI=1S/C18H20N4OS2.C2HF3O2/c23-18(15-4-8-25-13-15)19-5-1-16-10-21(9-14-3-7-24-12-14)11-17-2-6-20-22(16)17;3-2(4,5)1(6)7/h2-4,6-8,12-13,16H,1,5,9-11H2,(H,19,23);(H,6,7). The Morgan fingerprint density at radius 3 is 2.53 bits per heavy atom. The minimum Gasteiger partial charge on any atom is -0.475 e. The van der Waals surface area contributed by atoms with Crippen LogP contribution in [0.2, 0.25) is 0 Å². The van der Waals surface area contributed by atoms with E-state index in [1.807, 2.05) is 23.0 Å². The smallest absolute Gasteiger partial charge is 0.475 e. The SMILES string of the molecule is O=C(NCCC1CN(Cc2ccsc2)Cc2ccnn21)c1ccsc1.O=C(O)C(F)(F)F. The number of fused-ring (bicyclic) bond motifs is 1. The molecule has 7 nitrogen and oxygen atoms in total. The van der Waals surface area contributed by atoms with E-state index in [1.165, 1.54) is 11.3 Å². The van der Waals surface area contributed by atoms with Crippen molar-refractivity contribution in [1.29, 1.82) is 0 Å². The van der Waals surface area contributed by atoms with Gasteiger partial charge in [0, 0.05) is 43.3 Å². The lowest BCUT2D eigenvalue weighted by Gasteiger charge is -2.33. The van der Waals surface area contributed by atoms with E-state index in [4.69, 9.17) is 9.90 Å². The van der Waals surface area contributed by atoms with Crippen molar-refractivity contribution in [2.45, 2.75) is 31.7 Å². The second-order valence-corrected chi connectivity index (χ2v) is 8.64. The fourth-order valence-corrected chi connectivity index (χ4v) is 4.58. The third kappa shape index (κ3) is 6.65. The molecule has 172 valence electrons. The van der Waals surface area contributed by atoms with Crippen LogP contribution in [0.15, 0.2) is 45.9 Å². The van der Waals surface area contributed by atoms with Gasteiger partial charge in [0.15, 0.2) is 0 Å². The molecule has 0 bridgehead atoms. The van der Waals surface area contributed by atoms with Gasteiger partial charge in [0.05, 0.1) is 11.7 Å². The van der Waals surface area contributed by atoms with Crippen molar-refractivity contribution in [3.05, 3.63) is 62.7 Å². The number of nitrogens with one attached hydrogen (secondary N) is 1. The molecule has 0 saturated carbocycles. The van der Waals surface area contributed by atoms with Crippen molar-refractivity contribution in [1.82, 2.24) is 20.0 Å². The average Bonchev–Trinajstić information content (AvgIpc) is 3.50. The van der Waals surface area contributed by atoms with E-state index in [9.17, 15) is 18.0 Å². The average molecular weight is 487 g/mol. The van der Waals surface area contributed by atoms with Crippen LogP contribution < -0.4 is 5.32 Å². The van der Waals surface area contributed by atoms with Gasteiger partial charge in [-0.15, -0.1) is 0 Å². The van der Waals surface area contributed by atoms with Crippen LogP contribution >= 0.6 is 22.7 Å². The zero-order chi connectivity index (χ0) is 23.1. The molecule has 1 aliphatic rings. The zero-order valence-electron chi connectivity index (χ0n) is 16.8. The third-order valence-corrected chi connectivity index (χ3v) is 6.14. The zero-order valence-corrected chi connectivity index (χ0v) is 18.4. The highest BCUT2D eigenvalue weighted by molar-refractivity contribution is 7.08. The molecule has 1 atom stereocenters. The van der Waals surface area contributed by atoms with Gasteiger partial charge < -0.3 is 10.4 Å². The van der Waals surface area contributed by atoms with Crippen molar-refractivity contribution in [3.8, 4) is 0 Å². The van der Waals surface area contributed by atoms with Crippen molar-refractivity contribution in [2.24, 2.45) is 0 Å². The van der Waals surface area contributed by atoms with E-state index in [0.29, 0.717) is 12.6 Å². The number of carbonyl (C=O) groups excluding carboxylic acids is 1. The molecule has 12 heteroatoms. The maximum Gasteiger partial charge on any atom is 0.490 e. The number of aliphatic carboxylic acids is 1. The Morgan fingerprint density at radius 1 is 1.19 bits per heavy atom. The number of hydrogen-bond donors (Lipinski definition) is 2. The topological polar surface area (TPSA) is 87.5 Å². The first-order valence-electron chi connectivity index (χ1n) is 9.60. The molecule has 3 aromatic heterocycles. The summed E-state index contributed by atoms with van der Waals surface area (Å²) in [6, 6.07) is 6.43. The number of hydrogen-bond acceptors (Lipinski definition) is 6. The molecule has 0 saturated heterocycles. The predicted molar refractivity (Wildman–Crippen MR) is 115 cm³/mol. The second kappa shape index (κ2) is 10.7. The Morgan fingerprint density at radius 2 is 1.91 bits per heavy atom. The Bertz CT molecular complexity index is 1000. The third-order valence-electron chi connectivity index (χ3n) is 4.73. The summed E-state index contributed by atoms with van der Waals surface area (Å²) in [5, 5.41) is 22.8. The fraction of sp³-hybridized carbons (Fsp3) is 0.350. The monoisotopic (exact) mass is 486 g/mol. The quantitative estimate of drug-likeness (QED) is 0.550. The van der Waals surface area contributed by atoms with Gasteiger partial charge in [0.25, 0.3) is 5.91 Å². The minimum absolute atomic E-state index is 0.00729. The number of carboxylic acids is 1. The molecule has 3 aromatic rings. The highest BCUT2D eigenvalue weighted by atomic mass is 32.1. The molecule has 4 heterocycles. The van der Waals surface area contributed by atoms with Crippen molar-refractivity contribution >= 4 is 34.6 Å². The van der Waals surface area contributed by atoms with E-state index < -0.39 is 12.1 Å². The lowest BCUT2D eigenvalue weighted by atomic mass is 10.1. The van der Waals surface area contributed by atoms with Crippen molar-refractivity contribution in [2.75, 3.05) is 13.1 Å². The Balaban J connectivity index is 0.000000360. The van der Waals surface area contributed by atoms with Gasteiger partial charge in [0.2, 0.25) is 0 Å². The second-order valence-electron chi connectivity index (χ2n) is 7.08. The molecule has 2 N–H and O–H groups in total. The van der Waals surface area contributed by atoms with Gasteiger partial charge in [0.1, 0.15) is 0 Å². The Labute approximate surface area is 190 Å². The molecule has 1 amide bonds. The summed E-state index contributed by atoms with van der Waals surface area (Å²) >= 11 is 3.28. The lowest BCUT2D eigenvalue weighted by molar-refractivity contribution is -0.192. The maximum atomic E-state index is 12.1. The van der Waals surface area contributed by atoms with Crippen molar-refractivity contribution in [3.63, 3.8) is 0 Å². The number of halogens is 3. The number of rotatable bonds is 6. The predicted octanol–water partition coefficient (Wildman–Crippen LogP) is 4.02. The summed E-state index contributed by atoms with van der Waals surface area (Å²) in [4.78, 5) is 23.4. The van der Waals surface area contributed by atoms with E-state index in [-0.39, 0.29) is 5.91 Å². The van der Waals surface area contributed by atoms with E-state index in [1.54, 1.807) is 22.7 Å². The molecule has 1 unspecified atom stereocenters. The van der Waals surface area contributed by atoms with Crippen LogP contribution in [0.3, 0.4) is 0 Å². The van der Waals surface area contributed by atoms with Crippen LogP contribution in [0.4, 0.5) is 13.2 Å². The molecule has 0 aromatic carbocycles. The summed E-state index contributed by atoms with van der Waals surface area (Å²) in [5.74, 6) is -2.75. The molecular formula is C20H21F3N4O3S2. The summed E-state index contributed by atoms with van der Waals surface area (Å²) < 4.78 is 33.9. The van der Waals surface area contributed by atoms with E-state index in [0.717, 1.165) is 31.6 Å². The molecule has 0 radical (unpaired) electrons. The van der Waals surface area contributed by atoms with Crippen LogP contribution in [0.25, 0.3) is 0 Å². The van der Waals surface area contributed by atoms with Crippen LogP contribution in [0.5, 0.6) is 0 Å². The first kappa shape index (κ1) is 24.0. The first-order valence-corrected chi connectivity index (χ1v) is 11.5. The lowest BCUT2D eigenvalue weighted by Crippen LogP contribution is -2.38. The number of alkyl halides is 3. The fourth-order valence-electron chi connectivity index (χ4n) is 3.29. The molecule has 0 fully saturated rings. The normalized spacial score (nSPS) is 16.0.